The minimum atomic E-state index is -3.39. The molecule has 0 spiro atoms. The second kappa shape index (κ2) is 10.3. The van der Waals surface area contributed by atoms with E-state index in [1.165, 1.54) is 16.7 Å². The van der Waals surface area contributed by atoms with E-state index in [4.69, 9.17) is 4.74 Å². The molecule has 2 aliphatic carbocycles. The molecule has 0 radical (unpaired) electrons. The van der Waals surface area contributed by atoms with Crippen LogP contribution < -0.4 is 4.74 Å². The van der Waals surface area contributed by atoms with E-state index in [2.05, 4.69) is 37.3 Å². The summed E-state index contributed by atoms with van der Waals surface area (Å²) in [6.45, 7) is 2.19. The van der Waals surface area contributed by atoms with Crippen molar-refractivity contribution in [3.8, 4) is 5.75 Å². The van der Waals surface area contributed by atoms with Crippen LogP contribution in [-0.2, 0) is 6.42 Å². The SMILES string of the molecule is CCCc1ccc(C2=CCC(C3CCC(C(F)(F)Oc4ccc(F)c(F)c4)CC3)CC2)cc1. The van der Waals surface area contributed by atoms with Gasteiger partial charge in [0, 0.05) is 6.07 Å². The minimum Gasteiger partial charge on any atom is -0.432 e. The number of halogens is 4. The zero-order chi connectivity index (χ0) is 23.4. The molecule has 1 nitrogen and oxygen atoms in total. The molecule has 33 heavy (non-hydrogen) atoms. The van der Waals surface area contributed by atoms with Gasteiger partial charge in [-0.25, -0.2) is 8.78 Å². The number of hydrogen-bond acceptors (Lipinski definition) is 1. The molecular formula is C28H32F4O. The Labute approximate surface area is 193 Å². The third kappa shape index (κ3) is 5.80. The van der Waals surface area contributed by atoms with E-state index in [1.54, 1.807) is 0 Å². The van der Waals surface area contributed by atoms with Crippen LogP contribution in [0.3, 0.4) is 0 Å². The van der Waals surface area contributed by atoms with Crippen molar-refractivity contribution in [3.05, 3.63) is 71.3 Å². The van der Waals surface area contributed by atoms with Gasteiger partial charge in [-0.15, -0.1) is 0 Å². The number of rotatable bonds is 7. The van der Waals surface area contributed by atoms with Gasteiger partial charge < -0.3 is 4.74 Å². The molecule has 4 rings (SSSR count). The number of alkyl halides is 2. The number of hydrogen-bond donors (Lipinski definition) is 0. The zero-order valence-electron chi connectivity index (χ0n) is 19.1. The fraction of sp³-hybridized carbons (Fsp3) is 0.500. The monoisotopic (exact) mass is 460 g/mol. The van der Waals surface area contributed by atoms with Crippen molar-refractivity contribution in [2.45, 2.75) is 70.8 Å². The van der Waals surface area contributed by atoms with Crippen LogP contribution in [0.15, 0.2) is 48.5 Å². The summed E-state index contributed by atoms with van der Waals surface area (Å²) >= 11 is 0. The Bertz CT molecular complexity index is 958. The van der Waals surface area contributed by atoms with Gasteiger partial charge in [-0.3, -0.25) is 0 Å². The number of aryl methyl sites for hydroxylation is 1. The number of benzene rings is 2. The normalized spacial score (nSPS) is 23.8. The summed E-state index contributed by atoms with van der Waals surface area (Å²) in [7, 11) is 0. The van der Waals surface area contributed by atoms with E-state index >= 15 is 0 Å². The molecule has 0 aliphatic heterocycles. The van der Waals surface area contributed by atoms with E-state index in [0.717, 1.165) is 57.1 Å². The second-order valence-corrected chi connectivity index (χ2v) is 9.56. The van der Waals surface area contributed by atoms with Crippen LogP contribution in [0.2, 0.25) is 0 Å². The molecule has 0 heterocycles. The van der Waals surface area contributed by atoms with Crippen molar-refractivity contribution in [2.24, 2.45) is 17.8 Å². The van der Waals surface area contributed by atoms with Crippen molar-refractivity contribution >= 4 is 5.57 Å². The van der Waals surface area contributed by atoms with Gasteiger partial charge in [0.15, 0.2) is 11.6 Å². The standard InChI is InChI=1S/C28H32F4O/c1-2-3-19-4-6-20(7-5-19)21-8-10-22(11-9-21)23-12-14-24(15-13-23)28(31,32)33-25-16-17-26(29)27(30)18-25/h4-8,16-18,22-24H,2-3,9-15H2,1H3. The third-order valence-electron chi connectivity index (χ3n) is 7.37. The van der Waals surface area contributed by atoms with Crippen LogP contribution in [0.5, 0.6) is 5.75 Å². The molecule has 2 aromatic carbocycles. The summed E-state index contributed by atoms with van der Waals surface area (Å²) in [5.41, 5.74) is 4.07. The molecule has 0 aromatic heterocycles. The fourth-order valence-electron chi connectivity index (χ4n) is 5.43. The first-order chi connectivity index (χ1) is 15.9. The highest BCUT2D eigenvalue weighted by Gasteiger charge is 2.45. The molecule has 5 heteroatoms. The van der Waals surface area contributed by atoms with E-state index < -0.39 is 23.7 Å². The molecule has 0 N–H and O–H groups in total. The molecule has 1 atom stereocenters. The Balaban J connectivity index is 1.29. The summed E-state index contributed by atoms with van der Waals surface area (Å²) in [4.78, 5) is 0. The average molecular weight is 461 g/mol. The lowest BCUT2D eigenvalue weighted by atomic mass is 9.71. The Morgan fingerprint density at radius 3 is 2.21 bits per heavy atom. The summed E-state index contributed by atoms with van der Waals surface area (Å²) in [5.74, 6) is -2.52. The number of ether oxygens (including phenoxy) is 1. The van der Waals surface area contributed by atoms with Crippen LogP contribution in [0, 0.1) is 29.4 Å². The van der Waals surface area contributed by atoms with Crippen molar-refractivity contribution in [1.82, 2.24) is 0 Å². The molecular weight excluding hydrogens is 428 g/mol. The lowest BCUT2D eigenvalue weighted by molar-refractivity contribution is -0.224. The van der Waals surface area contributed by atoms with Gasteiger partial charge in [0.2, 0.25) is 0 Å². The van der Waals surface area contributed by atoms with Gasteiger partial charge in [0.25, 0.3) is 0 Å². The van der Waals surface area contributed by atoms with E-state index in [-0.39, 0.29) is 5.75 Å². The summed E-state index contributed by atoms with van der Waals surface area (Å²) in [5, 5.41) is 0. The molecule has 0 saturated heterocycles. The lowest BCUT2D eigenvalue weighted by Gasteiger charge is -2.37. The maximum absolute atomic E-state index is 14.7. The minimum absolute atomic E-state index is 0.339. The maximum Gasteiger partial charge on any atom is 0.400 e. The highest BCUT2D eigenvalue weighted by molar-refractivity contribution is 5.66. The van der Waals surface area contributed by atoms with Gasteiger partial charge in [-0.05, 0) is 92.0 Å². The zero-order valence-corrected chi connectivity index (χ0v) is 19.1. The van der Waals surface area contributed by atoms with Crippen LogP contribution in [0.25, 0.3) is 5.57 Å². The van der Waals surface area contributed by atoms with Gasteiger partial charge >= 0.3 is 6.11 Å². The quantitative estimate of drug-likeness (QED) is 0.376. The molecule has 178 valence electrons. The summed E-state index contributed by atoms with van der Waals surface area (Å²) in [6, 6.07) is 11.4. The van der Waals surface area contributed by atoms with Gasteiger partial charge in [0.1, 0.15) is 5.75 Å². The summed E-state index contributed by atoms with van der Waals surface area (Å²) < 4.78 is 60.5. The van der Waals surface area contributed by atoms with Gasteiger partial charge in [0.05, 0.1) is 5.92 Å². The van der Waals surface area contributed by atoms with Crippen LogP contribution in [0.4, 0.5) is 17.6 Å². The maximum atomic E-state index is 14.7. The predicted molar refractivity (Wildman–Crippen MR) is 123 cm³/mol. The van der Waals surface area contributed by atoms with Gasteiger partial charge in [-0.2, -0.15) is 8.78 Å². The van der Waals surface area contributed by atoms with E-state index in [1.807, 2.05) is 0 Å². The molecule has 1 fully saturated rings. The van der Waals surface area contributed by atoms with Gasteiger partial charge in [-0.1, -0.05) is 43.7 Å². The average Bonchev–Trinajstić information content (AvgIpc) is 2.82. The first-order valence-electron chi connectivity index (χ1n) is 12.2. The first kappa shape index (κ1) is 23.8. The topological polar surface area (TPSA) is 9.23 Å². The van der Waals surface area contributed by atoms with E-state index in [9.17, 15) is 17.6 Å². The number of allylic oxidation sites excluding steroid dienone is 2. The van der Waals surface area contributed by atoms with Crippen LogP contribution >= 0.6 is 0 Å². The molecule has 0 bridgehead atoms. The molecule has 1 saturated carbocycles. The Morgan fingerprint density at radius 2 is 1.61 bits per heavy atom. The Hall–Kier alpha value is -2.30. The first-order valence-corrected chi connectivity index (χ1v) is 12.2. The van der Waals surface area contributed by atoms with Crippen LogP contribution in [0.1, 0.15) is 69.4 Å². The second-order valence-electron chi connectivity index (χ2n) is 9.56. The van der Waals surface area contributed by atoms with Crippen molar-refractivity contribution in [3.63, 3.8) is 0 Å². The van der Waals surface area contributed by atoms with E-state index in [0.29, 0.717) is 30.7 Å². The Kier molecular flexibility index (Phi) is 7.45. The largest absolute Gasteiger partial charge is 0.432 e. The lowest BCUT2D eigenvalue weighted by Crippen LogP contribution is -2.38. The third-order valence-corrected chi connectivity index (χ3v) is 7.37. The summed E-state index contributed by atoms with van der Waals surface area (Å²) in [6.07, 6.45) is 6.61. The van der Waals surface area contributed by atoms with Crippen LogP contribution in [-0.4, -0.2) is 6.11 Å². The van der Waals surface area contributed by atoms with Crippen molar-refractivity contribution < 1.29 is 22.3 Å². The Morgan fingerprint density at radius 1 is 0.879 bits per heavy atom. The molecule has 0 amide bonds. The molecule has 2 aromatic rings. The van der Waals surface area contributed by atoms with Crippen molar-refractivity contribution in [2.75, 3.05) is 0 Å². The highest BCUT2D eigenvalue weighted by Crippen LogP contribution is 2.45. The van der Waals surface area contributed by atoms with Crippen molar-refractivity contribution in [1.29, 1.82) is 0 Å². The molecule has 1 unspecified atom stereocenters. The predicted octanol–water partition coefficient (Wildman–Crippen LogP) is 8.58. The molecule has 2 aliphatic rings. The highest BCUT2D eigenvalue weighted by atomic mass is 19.3. The smallest absolute Gasteiger partial charge is 0.400 e. The fourth-order valence-corrected chi connectivity index (χ4v) is 5.43.